The molecule has 0 saturated carbocycles. The van der Waals surface area contributed by atoms with Crippen LogP contribution in [-0.2, 0) is 15.0 Å². The van der Waals surface area contributed by atoms with Crippen LogP contribution >= 0.6 is 7.82 Å². The summed E-state index contributed by atoms with van der Waals surface area (Å²) in [6, 6.07) is 0. The highest BCUT2D eigenvalue weighted by Crippen LogP contribution is 2.25. The average Bonchev–Trinajstić information content (AvgIpc) is 1.12. The second-order valence-corrected chi connectivity index (χ2v) is 2.88. The van der Waals surface area contributed by atoms with Crippen molar-refractivity contribution in [2.24, 2.45) is 0 Å². The molecule has 8 N–H and O–H groups in total. The van der Waals surface area contributed by atoms with Gasteiger partial charge in [-0.2, -0.15) is 8.42 Å². The first-order chi connectivity index (χ1) is 4.00. The molecular formula is H8NO8PS. The Morgan fingerprint density at radius 1 is 1.00 bits per heavy atom. The van der Waals surface area contributed by atoms with Crippen LogP contribution in [0.4, 0.5) is 0 Å². The van der Waals surface area contributed by atoms with Gasteiger partial charge in [-0.25, -0.2) is 4.57 Å². The molecule has 0 fully saturated rings. The van der Waals surface area contributed by atoms with Gasteiger partial charge in [-0.15, -0.1) is 0 Å². The molecular weight excluding hydrogens is 205 g/mol. The van der Waals surface area contributed by atoms with E-state index in [9.17, 15) is 0 Å². The third-order valence-electron chi connectivity index (χ3n) is 0. The minimum absolute atomic E-state index is 0. The lowest BCUT2D eigenvalue weighted by Crippen LogP contribution is -1.89. The topological polar surface area (TPSA) is 187 Å². The van der Waals surface area contributed by atoms with Crippen LogP contribution in [0.25, 0.3) is 0 Å². The Morgan fingerprint density at radius 3 is 1.00 bits per heavy atom. The van der Waals surface area contributed by atoms with E-state index in [1.54, 1.807) is 0 Å². The Kier molecular flexibility index (Phi) is 8.69. The summed E-state index contributed by atoms with van der Waals surface area (Å²) < 4.78 is 40.5. The lowest BCUT2D eigenvalue weighted by Gasteiger charge is -1.82. The largest absolute Gasteiger partial charge is 0.466 e. The predicted molar refractivity (Wildman–Crippen MR) is 33.5 cm³/mol. The van der Waals surface area contributed by atoms with E-state index in [0.29, 0.717) is 0 Å². The van der Waals surface area contributed by atoms with Gasteiger partial charge in [0.1, 0.15) is 0 Å². The second kappa shape index (κ2) is 5.57. The molecule has 0 rings (SSSR count). The van der Waals surface area contributed by atoms with Crippen molar-refractivity contribution in [3.05, 3.63) is 0 Å². The van der Waals surface area contributed by atoms with Gasteiger partial charge in [-0.1, -0.05) is 0 Å². The first-order valence-electron chi connectivity index (χ1n) is 1.48. The van der Waals surface area contributed by atoms with E-state index < -0.39 is 18.2 Å². The summed E-state index contributed by atoms with van der Waals surface area (Å²) in [6.45, 7) is 0. The fourth-order valence-corrected chi connectivity index (χ4v) is 0. The van der Waals surface area contributed by atoms with Crippen molar-refractivity contribution >= 4 is 18.2 Å². The molecule has 0 aliphatic heterocycles. The standard InChI is InChI=1S/H3N.H3O4P.H2O4S/c;2*1-5(2,3)4/h1H3;(H3,1,2,3,4);(H2,1,2,3,4). The molecule has 0 radical (unpaired) electrons. The highest BCUT2D eigenvalue weighted by atomic mass is 32.3. The van der Waals surface area contributed by atoms with Crippen LogP contribution in [0, 0.1) is 0 Å². The fraction of sp³-hybridized carbons (Fsp3) is 0. The molecule has 0 aromatic heterocycles. The van der Waals surface area contributed by atoms with Crippen molar-refractivity contribution < 1.29 is 36.8 Å². The van der Waals surface area contributed by atoms with E-state index in [2.05, 4.69) is 0 Å². The van der Waals surface area contributed by atoms with Gasteiger partial charge >= 0.3 is 18.2 Å². The van der Waals surface area contributed by atoms with Gasteiger partial charge in [0.2, 0.25) is 0 Å². The van der Waals surface area contributed by atoms with Gasteiger partial charge < -0.3 is 20.8 Å². The Hall–Kier alpha value is -0.0600. The summed E-state index contributed by atoms with van der Waals surface area (Å²) in [5, 5.41) is 0. The van der Waals surface area contributed by atoms with Crippen molar-refractivity contribution in [3.63, 3.8) is 0 Å². The molecule has 11 heavy (non-hydrogen) atoms. The number of hydrogen-bond donors (Lipinski definition) is 6. The molecule has 0 atom stereocenters. The van der Waals surface area contributed by atoms with E-state index in [0.717, 1.165) is 0 Å². The van der Waals surface area contributed by atoms with Crippen LogP contribution in [-0.4, -0.2) is 32.2 Å². The molecule has 0 spiro atoms. The van der Waals surface area contributed by atoms with Crippen LogP contribution < -0.4 is 6.15 Å². The molecule has 0 aliphatic carbocycles. The van der Waals surface area contributed by atoms with Crippen LogP contribution in [0.2, 0.25) is 0 Å². The molecule has 0 aromatic carbocycles. The molecule has 11 heteroatoms. The van der Waals surface area contributed by atoms with Gasteiger partial charge in [-0.3, -0.25) is 9.11 Å². The monoisotopic (exact) mass is 213 g/mol. The van der Waals surface area contributed by atoms with Gasteiger partial charge in [-0.05, 0) is 0 Å². The van der Waals surface area contributed by atoms with Crippen LogP contribution in [0.1, 0.15) is 0 Å². The van der Waals surface area contributed by atoms with Crippen molar-refractivity contribution in [1.82, 2.24) is 6.15 Å². The van der Waals surface area contributed by atoms with Gasteiger partial charge in [0, 0.05) is 0 Å². The van der Waals surface area contributed by atoms with Gasteiger partial charge in [0.05, 0.1) is 0 Å². The molecule has 0 bridgehead atoms. The third-order valence-corrected chi connectivity index (χ3v) is 0. The van der Waals surface area contributed by atoms with Crippen LogP contribution in [0.3, 0.4) is 0 Å². The van der Waals surface area contributed by atoms with Crippen molar-refractivity contribution in [2.75, 3.05) is 0 Å². The first-order valence-corrected chi connectivity index (χ1v) is 4.44. The Labute approximate surface area is 62.1 Å². The number of hydrogen-bond acceptors (Lipinski definition) is 4. The SMILES string of the molecule is N.O=P(O)(O)O.O=S(=O)(O)O. The zero-order valence-corrected chi connectivity index (χ0v) is 6.73. The predicted octanol–water partition coefficient (Wildman–Crippen LogP) is -1.42. The molecule has 0 heterocycles. The zero-order chi connectivity index (χ0) is 9.00. The molecule has 0 amide bonds. The van der Waals surface area contributed by atoms with Crippen molar-refractivity contribution in [2.45, 2.75) is 0 Å². The molecule has 0 unspecified atom stereocenters. The normalized spacial score (nSPS) is 10.6. The number of rotatable bonds is 0. The molecule has 0 aliphatic rings. The van der Waals surface area contributed by atoms with Crippen molar-refractivity contribution in [3.8, 4) is 0 Å². The third kappa shape index (κ3) is 174000. The summed E-state index contributed by atoms with van der Waals surface area (Å²) in [5.74, 6) is 0. The molecule has 0 saturated heterocycles. The summed E-state index contributed by atoms with van der Waals surface area (Å²) in [6.07, 6.45) is 0. The smallest absolute Gasteiger partial charge is 0.344 e. The van der Waals surface area contributed by atoms with E-state index in [-0.39, 0.29) is 6.15 Å². The fourth-order valence-electron chi connectivity index (χ4n) is 0. The summed E-state index contributed by atoms with van der Waals surface area (Å²) >= 11 is 0. The minimum Gasteiger partial charge on any atom is -0.344 e. The lowest BCUT2D eigenvalue weighted by atomic mass is 14.0. The number of phosphoric acid groups is 1. The van der Waals surface area contributed by atoms with E-state index in [1.807, 2.05) is 0 Å². The van der Waals surface area contributed by atoms with Crippen molar-refractivity contribution in [1.29, 1.82) is 0 Å². The van der Waals surface area contributed by atoms with Crippen LogP contribution in [0.5, 0.6) is 0 Å². The van der Waals surface area contributed by atoms with E-state index >= 15 is 0 Å². The maximum Gasteiger partial charge on any atom is 0.466 e. The van der Waals surface area contributed by atoms with Crippen LogP contribution in [0.15, 0.2) is 0 Å². The van der Waals surface area contributed by atoms with E-state index in [4.69, 9.17) is 36.8 Å². The molecule has 72 valence electrons. The zero-order valence-electron chi connectivity index (χ0n) is 5.02. The summed E-state index contributed by atoms with van der Waals surface area (Å²) in [7, 11) is -9.31. The minimum atomic E-state index is -4.67. The maximum atomic E-state index is 8.88. The van der Waals surface area contributed by atoms with Gasteiger partial charge in [0.25, 0.3) is 0 Å². The highest BCUT2D eigenvalue weighted by Gasteiger charge is 2.00. The Balaban J connectivity index is -0.000000107. The first kappa shape index (κ1) is 17.1. The van der Waals surface area contributed by atoms with E-state index in [1.165, 1.54) is 0 Å². The van der Waals surface area contributed by atoms with Gasteiger partial charge in [0.15, 0.2) is 0 Å². The lowest BCUT2D eigenvalue weighted by molar-refractivity contribution is 0.275. The average molecular weight is 213 g/mol. The quantitative estimate of drug-likeness (QED) is 0.207. The Bertz CT molecular complexity index is 192. The molecule has 0 aromatic rings. The summed E-state index contributed by atoms with van der Waals surface area (Å²) in [5.41, 5.74) is 0. The summed E-state index contributed by atoms with van der Waals surface area (Å²) in [4.78, 5) is 21.6. The highest BCUT2D eigenvalue weighted by molar-refractivity contribution is 7.79. The molecule has 9 nitrogen and oxygen atoms in total. The Morgan fingerprint density at radius 2 is 1.00 bits per heavy atom. The maximum absolute atomic E-state index is 8.88. The second-order valence-electron chi connectivity index (χ2n) is 0.961.